The van der Waals surface area contributed by atoms with Gasteiger partial charge in [0.05, 0.1) is 19.6 Å². The largest absolute Gasteiger partial charge is 0.497 e. The van der Waals surface area contributed by atoms with Crippen molar-refractivity contribution in [1.29, 1.82) is 0 Å². The van der Waals surface area contributed by atoms with Gasteiger partial charge in [0.15, 0.2) is 0 Å². The molecule has 0 atom stereocenters. The number of hydrogen-bond donors (Lipinski definition) is 0. The molecule has 4 rings (SSSR count). The number of halogens is 1. The van der Waals surface area contributed by atoms with Crippen LogP contribution in [0.15, 0.2) is 47.4 Å². The molecule has 0 spiro atoms. The van der Waals surface area contributed by atoms with Gasteiger partial charge in [-0.1, -0.05) is 25.0 Å². The van der Waals surface area contributed by atoms with E-state index < -0.39 is 15.4 Å². The molecule has 2 fully saturated rings. The average molecular weight is 477 g/mol. The molecule has 33 heavy (non-hydrogen) atoms. The fourth-order valence-corrected chi connectivity index (χ4v) is 6.54. The number of amides is 1. The van der Waals surface area contributed by atoms with E-state index in [4.69, 9.17) is 9.47 Å². The molecule has 2 aromatic rings. The third-order valence-corrected chi connectivity index (χ3v) is 8.68. The zero-order valence-corrected chi connectivity index (χ0v) is 19.7. The zero-order chi connectivity index (χ0) is 23.6. The van der Waals surface area contributed by atoms with E-state index in [1.165, 1.54) is 36.7 Å². The number of hydrogen-bond acceptors (Lipinski definition) is 5. The van der Waals surface area contributed by atoms with Gasteiger partial charge in [-0.2, -0.15) is 4.31 Å². The molecule has 178 valence electrons. The summed E-state index contributed by atoms with van der Waals surface area (Å²) in [7, 11) is -0.944. The molecular weight excluding hydrogens is 447 g/mol. The van der Waals surface area contributed by atoms with E-state index in [2.05, 4.69) is 0 Å². The fourth-order valence-electron chi connectivity index (χ4n) is 4.95. The first kappa shape index (κ1) is 23.5. The lowest BCUT2D eigenvalue weighted by atomic mass is 9.77. The molecule has 0 radical (unpaired) electrons. The van der Waals surface area contributed by atoms with Gasteiger partial charge in [0.2, 0.25) is 15.9 Å². The Morgan fingerprint density at radius 2 is 1.67 bits per heavy atom. The molecule has 1 saturated heterocycles. The number of nitrogens with zero attached hydrogens (tertiary/aromatic N) is 2. The van der Waals surface area contributed by atoms with Gasteiger partial charge in [-0.05, 0) is 42.7 Å². The number of carbonyl (C=O) groups excluding carboxylic acids is 1. The van der Waals surface area contributed by atoms with Gasteiger partial charge in [-0.3, -0.25) is 4.79 Å². The van der Waals surface area contributed by atoms with Crippen molar-refractivity contribution in [2.75, 3.05) is 40.4 Å². The lowest BCUT2D eigenvalue weighted by Crippen LogP contribution is -2.55. The van der Waals surface area contributed by atoms with Gasteiger partial charge in [0.1, 0.15) is 22.2 Å². The van der Waals surface area contributed by atoms with Crippen LogP contribution in [0, 0.1) is 5.82 Å². The van der Waals surface area contributed by atoms with Crippen LogP contribution in [0.3, 0.4) is 0 Å². The van der Waals surface area contributed by atoms with Gasteiger partial charge in [-0.15, -0.1) is 0 Å². The first-order valence-corrected chi connectivity index (χ1v) is 12.5. The van der Waals surface area contributed by atoms with Crippen molar-refractivity contribution in [2.45, 2.75) is 36.0 Å². The van der Waals surface area contributed by atoms with Crippen LogP contribution in [0.1, 0.15) is 31.2 Å². The van der Waals surface area contributed by atoms with Crippen molar-refractivity contribution >= 4 is 15.9 Å². The average Bonchev–Trinajstić information content (AvgIpc) is 3.34. The Hall–Kier alpha value is -2.65. The van der Waals surface area contributed by atoms with Crippen LogP contribution in [0.2, 0.25) is 0 Å². The maximum absolute atomic E-state index is 13.9. The van der Waals surface area contributed by atoms with Crippen molar-refractivity contribution in [3.63, 3.8) is 0 Å². The summed E-state index contributed by atoms with van der Waals surface area (Å²) < 4.78 is 52.4. The van der Waals surface area contributed by atoms with Crippen LogP contribution < -0.4 is 9.47 Å². The number of sulfonamides is 1. The summed E-state index contributed by atoms with van der Waals surface area (Å²) in [6.45, 7) is 0.907. The Morgan fingerprint density at radius 1 is 0.970 bits per heavy atom. The first-order chi connectivity index (χ1) is 15.8. The Labute approximate surface area is 194 Å². The highest BCUT2D eigenvalue weighted by Crippen LogP contribution is 2.43. The molecule has 9 heteroatoms. The van der Waals surface area contributed by atoms with E-state index in [9.17, 15) is 17.6 Å². The zero-order valence-electron chi connectivity index (χ0n) is 18.9. The number of ether oxygens (including phenoxy) is 2. The molecule has 0 unspecified atom stereocenters. The molecule has 7 nitrogen and oxygen atoms in total. The first-order valence-electron chi connectivity index (χ1n) is 11.1. The maximum Gasteiger partial charge on any atom is 0.247 e. The Kier molecular flexibility index (Phi) is 6.63. The Morgan fingerprint density at radius 3 is 2.27 bits per heavy atom. The molecule has 1 heterocycles. The predicted molar refractivity (Wildman–Crippen MR) is 121 cm³/mol. The topological polar surface area (TPSA) is 76.2 Å². The molecule has 1 saturated carbocycles. The van der Waals surface area contributed by atoms with Crippen molar-refractivity contribution in [3.8, 4) is 11.5 Å². The smallest absolute Gasteiger partial charge is 0.247 e. The summed E-state index contributed by atoms with van der Waals surface area (Å²) in [6.07, 6.45) is 3.17. The Balaban J connectivity index is 1.53. The van der Waals surface area contributed by atoms with Crippen LogP contribution in [0.5, 0.6) is 11.5 Å². The van der Waals surface area contributed by atoms with Gasteiger partial charge < -0.3 is 14.4 Å². The number of methoxy groups -OCH3 is 2. The van der Waals surface area contributed by atoms with Crippen LogP contribution in [-0.2, 0) is 20.2 Å². The van der Waals surface area contributed by atoms with Gasteiger partial charge in [-0.25, -0.2) is 12.8 Å². The normalized spacial score (nSPS) is 18.8. The lowest BCUT2D eigenvalue weighted by Gasteiger charge is -2.39. The van der Waals surface area contributed by atoms with Crippen molar-refractivity contribution in [2.24, 2.45) is 0 Å². The number of carbonyl (C=O) groups is 1. The number of benzene rings is 2. The minimum Gasteiger partial charge on any atom is -0.497 e. The fraction of sp³-hybridized carbons (Fsp3) is 0.458. The van der Waals surface area contributed by atoms with Crippen LogP contribution in [0.25, 0.3) is 0 Å². The van der Waals surface area contributed by atoms with Gasteiger partial charge >= 0.3 is 0 Å². The minimum absolute atomic E-state index is 0.0381. The summed E-state index contributed by atoms with van der Waals surface area (Å²) >= 11 is 0. The highest BCUT2D eigenvalue weighted by Gasteiger charge is 2.46. The molecule has 0 bridgehead atoms. The molecule has 0 N–H and O–H groups in total. The lowest BCUT2D eigenvalue weighted by molar-refractivity contribution is -0.138. The predicted octanol–water partition coefficient (Wildman–Crippen LogP) is 3.19. The Bertz CT molecular complexity index is 1120. The molecule has 1 aliphatic heterocycles. The number of piperazine rings is 1. The SMILES string of the molecule is COc1ccc(OC)c(S(=O)(=O)N2CCN(C(=O)C3(c4cccc(F)c4)CCCC3)CC2)c1. The second-order valence-electron chi connectivity index (χ2n) is 8.51. The van der Waals surface area contributed by atoms with Gasteiger partial charge in [0.25, 0.3) is 0 Å². The molecule has 0 aromatic heterocycles. The van der Waals surface area contributed by atoms with E-state index in [-0.39, 0.29) is 48.5 Å². The number of rotatable bonds is 6. The quantitative estimate of drug-likeness (QED) is 0.640. The highest BCUT2D eigenvalue weighted by atomic mass is 32.2. The molecular formula is C24H29FN2O5S. The van der Waals surface area contributed by atoms with E-state index in [0.717, 1.165) is 12.8 Å². The summed E-state index contributed by atoms with van der Waals surface area (Å²) in [5, 5.41) is 0. The molecule has 2 aliphatic rings. The summed E-state index contributed by atoms with van der Waals surface area (Å²) in [5.41, 5.74) is -0.0275. The van der Waals surface area contributed by atoms with Crippen molar-refractivity contribution in [3.05, 3.63) is 53.8 Å². The molecule has 1 amide bonds. The van der Waals surface area contributed by atoms with Crippen molar-refractivity contribution in [1.82, 2.24) is 9.21 Å². The third-order valence-electron chi connectivity index (χ3n) is 6.76. The maximum atomic E-state index is 13.9. The monoisotopic (exact) mass is 476 g/mol. The summed E-state index contributed by atoms with van der Waals surface area (Å²) in [5.74, 6) is 0.267. The van der Waals surface area contributed by atoms with Gasteiger partial charge in [0, 0.05) is 32.2 Å². The minimum atomic E-state index is -3.84. The third kappa shape index (κ3) is 4.31. The summed E-state index contributed by atoms with van der Waals surface area (Å²) in [4.78, 5) is 15.4. The van der Waals surface area contributed by atoms with Crippen molar-refractivity contribution < 1.29 is 27.1 Å². The molecule has 2 aromatic carbocycles. The van der Waals surface area contributed by atoms with E-state index in [1.54, 1.807) is 23.1 Å². The second-order valence-corrected chi connectivity index (χ2v) is 10.4. The van der Waals surface area contributed by atoms with Crippen LogP contribution in [-0.4, -0.2) is 63.9 Å². The van der Waals surface area contributed by atoms with Crippen LogP contribution in [0.4, 0.5) is 4.39 Å². The van der Waals surface area contributed by atoms with E-state index >= 15 is 0 Å². The highest BCUT2D eigenvalue weighted by molar-refractivity contribution is 7.89. The summed E-state index contributed by atoms with van der Waals surface area (Å²) in [6, 6.07) is 11.0. The second kappa shape index (κ2) is 9.30. The van der Waals surface area contributed by atoms with E-state index in [0.29, 0.717) is 24.2 Å². The standard InChI is InChI=1S/C24H29FN2O5S/c1-31-20-8-9-21(32-2)22(17-20)33(29,30)27-14-12-26(13-15-27)23(28)24(10-3-4-11-24)18-6-5-7-19(25)16-18/h5-9,16-17H,3-4,10-15H2,1-2H3. The van der Waals surface area contributed by atoms with Crippen LogP contribution >= 0.6 is 0 Å². The molecule has 1 aliphatic carbocycles. The van der Waals surface area contributed by atoms with E-state index in [1.807, 2.05) is 6.07 Å².